The van der Waals surface area contributed by atoms with Gasteiger partial charge in [0.15, 0.2) is 0 Å². The number of fused-ring (bicyclic) bond motifs is 2. The zero-order valence-electron chi connectivity index (χ0n) is 7.82. The van der Waals surface area contributed by atoms with Gasteiger partial charge in [0, 0.05) is 5.92 Å². The highest BCUT2D eigenvalue weighted by atomic mass is 16.5. The van der Waals surface area contributed by atoms with Crippen molar-refractivity contribution in [1.29, 1.82) is 0 Å². The third kappa shape index (κ3) is 0.456. The van der Waals surface area contributed by atoms with E-state index >= 15 is 0 Å². The lowest BCUT2D eigenvalue weighted by Gasteiger charge is -2.72. The molecule has 0 aromatic heterocycles. The molecule has 6 unspecified atom stereocenters. The number of hydrogen-bond donors (Lipinski definition) is 0. The summed E-state index contributed by atoms with van der Waals surface area (Å²) in [4.78, 5) is 11.6. The summed E-state index contributed by atoms with van der Waals surface area (Å²) in [6, 6.07) is 0. The van der Waals surface area contributed by atoms with Crippen LogP contribution in [0.5, 0.6) is 0 Å². The molecule has 4 aliphatic rings. The van der Waals surface area contributed by atoms with Crippen molar-refractivity contribution < 1.29 is 9.53 Å². The number of hydrogen-bond acceptors (Lipinski definition) is 2. The van der Waals surface area contributed by atoms with Gasteiger partial charge >= 0.3 is 5.97 Å². The minimum absolute atomic E-state index is 0.111. The maximum Gasteiger partial charge on any atom is 0.309 e. The molecule has 0 bridgehead atoms. The van der Waals surface area contributed by atoms with E-state index in [0.717, 1.165) is 24.4 Å². The van der Waals surface area contributed by atoms with Crippen molar-refractivity contribution in [3.63, 3.8) is 0 Å². The molecule has 0 amide bonds. The standard InChI is InChI=1S/C11H14O2/c1-11-7-4-13-10(12)9(11)6-3-2-5(7)8(6)11/h5-9H,2-4H2,1H3. The van der Waals surface area contributed by atoms with Crippen LogP contribution in [0.15, 0.2) is 0 Å². The fraction of sp³-hybridized carbons (Fsp3) is 0.909. The Bertz CT molecular complexity index is 311. The molecule has 1 aliphatic heterocycles. The third-order valence-corrected chi connectivity index (χ3v) is 5.55. The van der Waals surface area contributed by atoms with Crippen LogP contribution in [0.2, 0.25) is 0 Å². The molecule has 2 heteroatoms. The van der Waals surface area contributed by atoms with Crippen LogP contribution in [0.25, 0.3) is 0 Å². The molecule has 3 aliphatic carbocycles. The van der Waals surface area contributed by atoms with Gasteiger partial charge in [0.05, 0.1) is 12.5 Å². The van der Waals surface area contributed by atoms with Crippen molar-refractivity contribution in [2.45, 2.75) is 19.8 Å². The summed E-state index contributed by atoms with van der Waals surface area (Å²) in [6.45, 7) is 3.05. The first-order valence-electron chi connectivity index (χ1n) is 5.41. The first kappa shape index (κ1) is 6.86. The lowest BCUT2D eigenvalue weighted by atomic mass is 9.32. The summed E-state index contributed by atoms with van der Waals surface area (Å²) in [5, 5.41) is 0. The topological polar surface area (TPSA) is 26.3 Å². The number of carbonyl (C=O) groups is 1. The fourth-order valence-electron chi connectivity index (χ4n) is 5.17. The van der Waals surface area contributed by atoms with E-state index < -0.39 is 0 Å². The van der Waals surface area contributed by atoms with Gasteiger partial charge in [-0.15, -0.1) is 0 Å². The Balaban J connectivity index is 1.85. The van der Waals surface area contributed by atoms with Gasteiger partial charge < -0.3 is 4.74 Å². The second-order valence-corrected chi connectivity index (χ2v) is 5.51. The Hall–Kier alpha value is -0.530. The first-order chi connectivity index (χ1) is 6.24. The predicted molar refractivity (Wildman–Crippen MR) is 45.8 cm³/mol. The lowest BCUT2D eigenvalue weighted by Crippen LogP contribution is -2.74. The Morgan fingerprint density at radius 1 is 1.38 bits per heavy atom. The van der Waals surface area contributed by atoms with Crippen LogP contribution in [0.4, 0.5) is 0 Å². The van der Waals surface area contributed by atoms with Crippen LogP contribution in [0.1, 0.15) is 19.8 Å². The van der Waals surface area contributed by atoms with Crippen molar-refractivity contribution >= 4 is 5.97 Å². The van der Waals surface area contributed by atoms with Crippen molar-refractivity contribution in [2.24, 2.45) is 35.0 Å². The van der Waals surface area contributed by atoms with Gasteiger partial charge in [-0.05, 0) is 36.0 Å². The van der Waals surface area contributed by atoms with E-state index in [4.69, 9.17) is 4.74 Å². The smallest absolute Gasteiger partial charge is 0.309 e. The van der Waals surface area contributed by atoms with E-state index in [2.05, 4.69) is 6.92 Å². The number of rotatable bonds is 0. The molecule has 1 heterocycles. The summed E-state index contributed by atoms with van der Waals surface area (Å²) in [5.41, 5.74) is 0.376. The van der Waals surface area contributed by atoms with Crippen molar-refractivity contribution in [3.05, 3.63) is 0 Å². The normalized spacial score (nSPS) is 66.2. The lowest BCUT2D eigenvalue weighted by molar-refractivity contribution is -0.289. The highest BCUT2D eigenvalue weighted by Crippen LogP contribution is 2.79. The second kappa shape index (κ2) is 1.67. The van der Waals surface area contributed by atoms with Crippen LogP contribution in [-0.2, 0) is 9.53 Å². The molecular formula is C11H14O2. The molecule has 2 nitrogen and oxygen atoms in total. The highest BCUT2D eigenvalue weighted by molar-refractivity contribution is 5.77. The molecule has 4 fully saturated rings. The van der Waals surface area contributed by atoms with Gasteiger partial charge in [-0.2, -0.15) is 0 Å². The van der Waals surface area contributed by atoms with Gasteiger partial charge in [0.2, 0.25) is 0 Å². The molecule has 0 aromatic carbocycles. The quantitative estimate of drug-likeness (QED) is 0.525. The van der Waals surface area contributed by atoms with Gasteiger partial charge in [-0.25, -0.2) is 0 Å². The molecule has 0 spiro atoms. The largest absolute Gasteiger partial charge is 0.465 e. The molecular weight excluding hydrogens is 164 g/mol. The zero-order valence-corrected chi connectivity index (χ0v) is 7.82. The third-order valence-electron chi connectivity index (χ3n) is 5.55. The van der Waals surface area contributed by atoms with Gasteiger partial charge in [-0.3, -0.25) is 4.79 Å². The van der Waals surface area contributed by atoms with Crippen molar-refractivity contribution in [3.8, 4) is 0 Å². The summed E-state index contributed by atoms with van der Waals surface area (Å²) >= 11 is 0. The molecule has 13 heavy (non-hydrogen) atoms. The summed E-state index contributed by atoms with van der Waals surface area (Å²) in [6.07, 6.45) is 2.66. The molecule has 0 radical (unpaired) electrons. The fourth-order valence-corrected chi connectivity index (χ4v) is 5.17. The predicted octanol–water partition coefficient (Wildman–Crippen LogP) is 1.45. The molecule has 4 rings (SSSR count). The average molecular weight is 178 g/mol. The van der Waals surface area contributed by atoms with Crippen molar-refractivity contribution in [2.75, 3.05) is 6.61 Å². The maximum absolute atomic E-state index is 11.6. The van der Waals surface area contributed by atoms with E-state index in [-0.39, 0.29) is 11.9 Å². The zero-order chi connectivity index (χ0) is 8.79. The molecule has 3 saturated carbocycles. The van der Waals surface area contributed by atoms with E-state index in [1.165, 1.54) is 12.8 Å². The van der Waals surface area contributed by atoms with E-state index in [1.807, 2.05) is 0 Å². The number of cyclic esters (lactones) is 1. The minimum atomic E-state index is 0.111. The van der Waals surface area contributed by atoms with Gasteiger partial charge in [0.25, 0.3) is 0 Å². The maximum atomic E-state index is 11.6. The first-order valence-corrected chi connectivity index (χ1v) is 5.41. The molecule has 6 atom stereocenters. The molecule has 0 N–H and O–H groups in total. The SMILES string of the molecule is CC12C3COC(=O)C1C1CCC3C12. The Morgan fingerprint density at radius 3 is 3.00 bits per heavy atom. The highest BCUT2D eigenvalue weighted by Gasteiger charge is 2.79. The number of ether oxygens (including phenoxy) is 1. The molecule has 1 saturated heterocycles. The van der Waals surface area contributed by atoms with Crippen molar-refractivity contribution in [1.82, 2.24) is 0 Å². The van der Waals surface area contributed by atoms with E-state index in [9.17, 15) is 4.79 Å². The Kier molecular flexibility index (Phi) is 0.879. The van der Waals surface area contributed by atoms with Crippen LogP contribution >= 0.6 is 0 Å². The Labute approximate surface area is 77.6 Å². The van der Waals surface area contributed by atoms with Crippen LogP contribution < -0.4 is 0 Å². The van der Waals surface area contributed by atoms with E-state index in [0.29, 0.717) is 11.3 Å². The average Bonchev–Trinajstić information content (AvgIpc) is 2.36. The van der Waals surface area contributed by atoms with E-state index in [1.54, 1.807) is 0 Å². The molecule has 70 valence electrons. The second-order valence-electron chi connectivity index (χ2n) is 5.51. The van der Waals surface area contributed by atoms with Gasteiger partial charge in [0.1, 0.15) is 0 Å². The van der Waals surface area contributed by atoms with Crippen LogP contribution in [0.3, 0.4) is 0 Å². The van der Waals surface area contributed by atoms with Gasteiger partial charge in [-0.1, -0.05) is 6.92 Å². The van der Waals surface area contributed by atoms with Crippen LogP contribution in [0, 0.1) is 35.0 Å². The Morgan fingerprint density at radius 2 is 2.15 bits per heavy atom. The monoisotopic (exact) mass is 178 g/mol. The minimum Gasteiger partial charge on any atom is -0.465 e. The number of esters is 1. The van der Waals surface area contributed by atoms with Crippen LogP contribution in [-0.4, -0.2) is 12.6 Å². The summed E-state index contributed by atoms with van der Waals surface area (Å²) in [5.74, 6) is 3.64. The summed E-state index contributed by atoms with van der Waals surface area (Å²) in [7, 11) is 0. The molecule has 0 aromatic rings. The summed E-state index contributed by atoms with van der Waals surface area (Å²) < 4.78 is 5.27. The number of carbonyl (C=O) groups excluding carboxylic acids is 1.